The zero-order valence-corrected chi connectivity index (χ0v) is 7.97. The minimum absolute atomic E-state index is 0.00650. The van der Waals surface area contributed by atoms with Crippen molar-refractivity contribution < 1.29 is 0 Å². The molecule has 1 unspecified atom stereocenters. The molecule has 0 saturated heterocycles. The lowest BCUT2D eigenvalue weighted by molar-refractivity contribution is 0.791. The van der Waals surface area contributed by atoms with Gasteiger partial charge in [-0.05, 0) is 19.1 Å². The fraction of sp³-hybridized carbons (Fsp3) is 0.222. The van der Waals surface area contributed by atoms with Crippen LogP contribution in [0.1, 0.15) is 18.7 Å². The first-order chi connectivity index (χ1) is 6.16. The first-order valence-corrected chi connectivity index (χ1v) is 4.44. The van der Waals surface area contributed by atoms with Crippen molar-refractivity contribution in [2.75, 3.05) is 0 Å². The average molecular weight is 196 g/mol. The molecule has 0 spiro atoms. The number of aromatic amines is 1. The topological polar surface area (TPSA) is 54.7 Å². The van der Waals surface area contributed by atoms with E-state index in [1.54, 1.807) is 6.20 Å². The van der Waals surface area contributed by atoms with Crippen molar-refractivity contribution in [3.8, 4) is 0 Å². The molecule has 2 heterocycles. The number of pyridine rings is 1. The van der Waals surface area contributed by atoms with Crippen LogP contribution in [0.15, 0.2) is 18.3 Å². The zero-order chi connectivity index (χ0) is 9.42. The van der Waals surface area contributed by atoms with Crippen LogP contribution >= 0.6 is 11.6 Å². The lowest BCUT2D eigenvalue weighted by Gasteiger charge is -1.98. The Labute approximate surface area is 80.9 Å². The van der Waals surface area contributed by atoms with Crippen LogP contribution in [-0.2, 0) is 0 Å². The van der Waals surface area contributed by atoms with Gasteiger partial charge in [0.15, 0.2) is 0 Å². The van der Waals surface area contributed by atoms with Gasteiger partial charge in [0.05, 0.1) is 5.02 Å². The maximum absolute atomic E-state index is 5.80. The van der Waals surface area contributed by atoms with E-state index in [-0.39, 0.29) is 6.04 Å². The second-order valence-electron chi connectivity index (χ2n) is 3.10. The van der Waals surface area contributed by atoms with Crippen LogP contribution in [0, 0.1) is 0 Å². The van der Waals surface area contributed by atoms with Gasteiger partial charge >= 0.3 is 0 Å². The third-order valence-corrected chi connectivity index (χ3v) is 2.15. The molecule has 0 bridgehead atoms. The number of H-pyrrole nitrogens is 1. The summed E-state index contributed by atoms with van der Waals surface area (Å²) >= 11 is 5.80. The fourth-order valence-electron chi connectivity index (χ4n) is 1.26. The van der Waals surface area contributed by atoms with Gasteiger partial charge in [-0.25, -0.2) is 4.98 Å². The summed E-state index contributed by atoms with van der Waals surface area (Å²) in [4.78, 5) is 7.27. The molecule has 3 N–H and O–H groups in total. The summed E-state index contributed by atoms with van der Waals surface area (Å²) in [5, 5.41) is 1.64. The minimum Gasteiger partial charge on any atom is -0.342 e. The molecule has 0 amide bonds. The molecule has 2 aromatic heterocycles. The maximum atomic E-state index is 5.80. The van der Waals surface area contributed by atoms with E-state index in [1.807, 2.05) is 19.1 Å². The molecule has 0 fully saturated rings. The van der Waals surface area contributed by atoms with Crippen molar-refractivity contribution >= 4 is 22.6 Å². The molecule has 0 aliphatic rings. The number of nitrogens with one attached hydrogen (secondary N) is 1. The first-order valence-electron chi connectivity index (χ1n) is 4.06. The molecule has 13 heavy (non-hydrogen) atoms. The Hall–Kier alpha value is -1.06. The molecule has 0 aliphatic heterocycles. The largest absolute Gasteiger partial charge is 0.342 e. The lowest BCUT2D eigenvalue weighted by Crippen LogP contribution is -2.04. The Morgan fingerprint density at radius 1 is 1.54 bits per heavy atom. The third-order valence-electron chi connectivity index (χ3n) is 1.95. The van der Waals surface area contributed by atoms with Crippen LogP contribution in [0.3, 0.4) is 0 Å². The smallest absolute Gasteiger partial charge is 0.137 e. The minimum atomic E-state index is -0.00650. The van der Waals surface area contributed by atoms with Gasteiger partial charge in [0, 0.05) is 23.3 Å². The number of halogens is 1. The predicted octanol–water partition coefficient (Wildman–Crippen LogP) is 2.24. The Balaban J connectivity index is 2.62. The van der Waals surface area contributed by atoms with E-state index in [0.29, 0.717) is 5.02 Å². The summed E-state index contributed by atoms with van der Waals surface area (Å²) < 4.78 is 0. The van der Waals surface area contributed by atoms with Crippen LogP contribution in [-0.4, -0.2) is 9.97 Å². The van der Waals surface area contributed by atoms with Crippen molar-refractivity contribution in [3.63, 3.8) is 0 Å². The van der Waals surface area contributed by atoms with Gasteiger partial charge in [0.2, 0.25) is 0 Å². The van der Waals surface area contributed by atoms with Crippen LogP contribution in [0.25, 0.3) is 11.0 Å². The molecule has 0 radical (unpaired) electrons. The van der Waals surface area contributed by atoms with Crippen molar-refractivity contribution in [1.82, 2.24) is 9.97 Å². The van der Waals surface area contributed by atoms with Gasteiger partial charge in [-0.1, -0.05) is 11.6 Å². The van der Waals surface area contributed by atoms with Gasteiger partial charge in [0.25, 0.3) is 0 Å². The Bertz CT molecular complexity index is 433. The van der Waals surface area contributed by atoms with Gasteiger partial charge in [0.1, 0.15) is 5.65 Å². The molecule has 0 saturated carbocycles. The highest BCUT2D eigenvalue weighted by molar-refractivity contribution is 6.31. The number of nitrogens with two attached hydrogens (primary N) is 1. The lowest BCUT2D eigenvalue weighted by atomic mass is 10.2. The fourth-order valence-corrected chi connectivity index (χ4v) is 1.42. The molecular weight excluding hydrogens is 186 g/mol. The summed E-state index contributed by atoms with van der Waals surface area (Å²) in [6, 6.07) is 3.83. The molecule has 2 rings (SSSR count). The second-order valence-corrected chi connectivity index (χ2v) is 3.54. The van der Waals surface area contributed by atoms with E-state index in [2.05, 4.69) is 9.97 Å². The highest BCUT2D eigenvalue weighted by atomic mass is 35.5. The molecule has 1 atom stereocenters. The van der Waals surface area contributed by atoms with Gasteiger partial charge in [-0.3, -0.25) is 0 Å². The standard InChI is InChI=1S/C9H10ClN3/c1-5(11)8-3-6-2-7(10)4-12-9(6)13-8/h2-5H,11H2,1H3,(H,12,13). The quantitative estimate of drug-likeness (QED) is 0.733. The molecule has 2 aromatic rings. The third kappa shape index (κ3) is 1.53. The number of aromatic nitrogens is 2. The monoisotopic (exact) mass is 195 g/mol. The van der Waals surface area contributed by atoms with E-state index in [1.165, 1.54) is 0 Å². The average Bonchev–Trinajstić information content (AvgIpc) is 2.46. The molecule has 0 aromatic carbocycles. The predicted molar refractivity (Wildman–Crippen MR) is 53.7 cm³/mol. The summed E-state index contributed by atoms with van der Waals surface area (Å²) in [5.74, 6) is 0. The SMILES string of the molecule is CC(N)c1cc2cc(Cl)cnc2[nH]1. The van der Waals surface area contributed by atoms with E-state index in [9.17, 15) is 0 Å². The van der Waals surface area contributed by atoms with E-state index < -0.39 is 0 Å². The van der Waals surface area contributed by atoms with Crippen molar-refractivity contribution in [3.05, 3.63) is 29.0 Å². The first kappa shape index (κ1) is 8.53. The molecule has 68 valence electrons. The Kier molecular flexibility index (Phi) is 1.98. The van der Waals surface area contributed by atoms with Crippen LogP contribution in [0.5, 0.6) is 0 Å². The van der Waals surface area contributed by atoms with Gasteiger partial charge in [-0.2, -0.15) is 0 Å². The molecule has 4 heteroatoms. The van der Waals surface area contributed by atoms with Crippen LogP contribution < -0.4 is 5.73 Å². The number of nitrogens with zero attached hydrogens (tertiary/aromatic N) is 1. The number of hydrogen-bond donors (Lipinski definition) is 2. The molecule has 0 aliphatic carbocycles. The Morgan fingerprint density at radius 3 is 3.00 bits per heavy atom. The summed E-state index contributed by atoms with van der Waals surface area (Å²) in [6.45, 7) is 1.92. The van der Waals surface area contributed by atoms with Crippen LogP contribution in [0.2, 0.25) is 5.02 Å². The Morgan fingerprint density at radius 2 is 2.31 bits per heavy atom. The highest BCUT2D eigenvalue weighted by Gasteiger charge is 2.05. The molecular formula is C9H10ClN3. The molecule has 3 nitrogen and oxygen atoms in total. The van der Waals surface area contributed by atoms with Crippen LogP contribution in [0.4, 0.5) is 0 Å². The van der Waals surface area contributed by atoms with Gasteiger partial charge < -0.3 is 10.7 Å². The van der Waals surface area contributed by atoms with Crippen molar-refractivity contribution in [2.45, 2.75) is 13.0 Å². The second kappa shape index (κ2) is 3.01. The van der Waals surface area contributed by atoms with E-state index in [0.717, 1.165) is 16.7 Å². The normalized spacial score (nSPS) is 13.5. The van der Waals surface area contributed by atoms with Crippen molar-refractivity contribution in [2.24, 2.45) is 5.73 Å². The summed E-state index contributed by atoms with van der Waals surface area (Å²) in [5.41, 5.74) is 7.53. The number of hydrogen-bond acceptors (Lipinski definition) is 2. The van der Waals surface area contributed by atoms with Crippen molar-refractivity contribution in [1.29, 1.82) is 0 Å². The van der Waals surface area contributed by atoms with E-state index in [4.69, 9.17) is 17.3 Å². The zero-order valence-electron chi connectivity index (χ0n) is 7.21. The maximum Gasteiger partial charge on any atom is 0.137 e. The highest BCUT2D eigenvalue weighted by Crippen LogP contribution is 2.19. The number of rotatable bonds is 1. The van der Waals surface area contributed by atoms with Gasteiger partial charge in [-0.15, -0.1) is 0 Å². The summed E-state index contributed by atoms with van der Waals surface area (Å²) in [7, 11) is 0. The van der Waals surface area contributed by atoms with E-state index >= 15 is 0 Å². The summed E-state index contributed by atoms with van der Waals surface area (Å²) in [6.07, 6.45) is 1.62. The number of fused-ring (bicyclic) bond motifs is 1.